The van der Waals surface area contributed by atoms with Gasteiger partial charge in [0.25, 0.3) is 0 Å². The topological polar surface area (TPSA) is 25.8 Å². The summed E-state index contributed by atoms with van der Waals surface area (Å²) in [5.41, 5.74) is 11.5. The number of benzene rings is 2. The Labute approximate surface area is 238 Å². The molecule has 4 heteroatoms. The summed E-state index contributed by atoms with van der Waals surface area (Å²) in [6.07, 6.45) is 9.92. The minimum absolute atomic E-state index is 0. The third-order valence-electron chi connectivity index (χ3n) is 7.92. The quantitative estimate of drug-likeness (QED) is 0.238. The van der Waals surface area contributed by atoms with Crippen LogP contribution in [0.4, 0.5) is 0 Å². The van der Waals surface area contributed by atoms with Crippen LogP contribution in [0.3, 0.4) is 0 Å². The van der Waals surface area contributed by atoms with Gasteiger partial charge in [-0.15, -0.1) is 0 Å². The van der Waals surface area contributed by atoms with Crippen LogP contribution >= 0.6 is 23.2 Å². The molecule has 2 heterocycles. The summed E-state index contributed by atoms with van der Waals surface area (Å²) in [6, 6.07) is 17.5. The van der Waals surface area contributed by atoms with Crippen LogP contribution in [0.25, 0.3) is 22.3 Å². The molecule has 0 saturated heterocycles. The smallest absolute Gasteiger partial charge is 0.0464 e. The first-order valence-corrected chi connectivity index (χ1v) is 14.0. The molecule has 2 unspecified atom stereocenters. The highest BCUT2D eigenvalue weighted by Gasteiger charge is 2.23. The summed E-state index contributed by atoms with van der Waals surface area (Å²) in [5.74, 6) is 1.01. The molecular weight excluding hydrogens is 507 g/mol. The maximum Gasteiger partial charge on any atom is 0.0464 e. The van der Waals surface area contributed by atoms with Crippen LogP contribution in [-0.2, 0) is 0 Å². The van der Waals surface area contributed by atoms with Crippen molar-refractivity contribution in [1.82, 2.24) is 9.97 Å². The first-order valence-electron chi connectivity index (χ1n) is 13.3. The molecule has 0 bridgehead atoms. The van der Waals surface area contributed by atoms with Crippen molar-refractivity contribution in [3.8, 4) is 22.3 Å². The monoisotopic (exact) mass is 544 g/mol. The highest BCUT2D eigenvalue weighted by atomic mass is 35.5. The second-order valence-corrected chi connectivity index (χ2v) is 11.4. The molecule has 5 rings (SSSR count). The summed E-state index contributed by atoms with van der Waals surface area (Å²) in [6.45, 7) is 8.24. The van der Waals surface area contributed by atoms with Gasteiger partial charge in [-0.2, -0.15) is 0 Å². The fourth-order valence-corrected chi connectivity index (χ4v) is 5.97. The van der Waals surface area contributed by atoms with Crippen LogP contribution in [-0.4, -0.2) is 9.97 Å². The Kier molecular flexibility index (Phi) is 8.96. The van der Waals surface area contributed by atoms with Crippen molar-refractivity contribution < 1.29 is 0 Å². The zero-order valence-corrected chi connectivity index (χ0v) is 23.6. The third-order valence-corrected chi connectivity index (χ3v) is 9.11. The van der Waals surface area contributed by atoms with Crippen LogP contribution < -0.4 is 0 Å². The number of hydrogen-bond acceptors (Lipinski definition) is 2. The summed E-state index contributed by atoms with van der Waals surface area (Å²) in [4.78, 5) is 9.81. The number of hydrogen-bond donors (Lipinski definition) is 0. The molecule has 0 N–H and O–H groups in total. The van der Waals surface area contributed by atoms with Crippen molar-refractivity contribution in [3.63, 3.8) is 0 Å². The molecule has 0 aliphatic heterocycles. The standard InChI is InChI=1S/C33H34Cl2N2.CH4/c1-20-14-28(15-21(2)32(20)34)26-10-12-30(36-18-26)24-6-5-7-25(9-8-24)31-13-11-27(19-37-31)29-16-22(3)33(35)23(4)17-29;/h10-19,24-25H,5-9H2,1-4H3;1H4. The van der Waals surface area contributed by atoms with E-state index in [1.165, 1.54) is 41.8 Å². The number of aromatic nitrogens is 2. The van der Waals surface area contributed by atoms with Gasteiger partial charge in [0, 0.05) is 56.8 Å². The maximum absolute atomic E-state index is 6.36. The SMILES string of the molecule is C.Cc1cc(-c2ccc(C3CCCC(c4ccc(-c5cc(C)c(Cl)c(C)c5)cn4)CC3)nc2)cc(C)c1Cl. The van der Waals surface area contributed by atoms with Crippen molar-refractivity contribution in [2.75, 3.05) is 0 Å². The van der Waals surface area contributed by atoms with E-state index in [0.717, 1.165) is 56.3 Å². The van der Waals surface area contributed by atoms with E-state index in [9.17, 15) is 0 Å². The van der Waals surface area contributed by atoms with Gasteiger partial charge in [0.1, 0.15) is 0 Å². The molecule has 1 aliphatic rings. The summed E-state index contributed by atoms with van der Waals surface area (Å²) >= 11 is 12.7. The number of pyridine rings is 2. The van der Waals surface area contributed by atoms with Crippen molar-refractivity contribution in [2.45, 2.75) is 79.1 Å². The van der Waals surface area contributed by atoms with Crippen LogP contribution in [0.1, 0.15) is 85.0 Å². The zero-order valence-electron chi connectivity index (χ0n) is 22.1. The Morgan fingerprint density at radius 1 is 0.553 bits per heavy atom. The molecule has 2 aromatic heterocycles. The Morgan fingerprint density at radius 2 is 0.921 bits per heavy atom. The lowest BCUT2D eigenvalue weighted by Crippen LogP contribution is -2.02. The van der Waals surface area contributed by atoms with E-state index in [1.807, 2.05) is 12.4 Å². The van der Waals surface area contributed by atoms with Crippen molar-refractivity contribution in [2.24, 2.45) is 0 Å². The molecule has 4 aromatic rings. The number of aryl methyl sites for hydroxylation is 4. The number of halogens is 2. The predicted molar refractivity (Wildman–Crippen MR) is 164 cm³/mol. The molecular formula is C34H38Cl2N2. The van der Waals surface area contributed by atoms with Gasteiger partial charge in [-0.1, -0.05) is 49.2 Å². The minimum atomic E-state index is 0. The van der Waals surface area contributed by atoms with Crippen molar-refractivity contribution in [1.29, 1.82) is 0 Å². The summed E-state index contributed by atoms with van der Waals surface area (Å²) in [5, 5.41) is 1.70. The molecule has 1 aliphatic carbocycles. The second kappa shape index (κ2) is 12.0. The van der Waals surface area contributed by atoms with Crippen LogP contribution in [0.2, 0.25) is 10.0 Å². The molecule has 0 radical (unpaired) electrons. The average molecular weight is 546 g/mol. The molecule has 2 nitrogen and oxygen atoms in total. The minimum Gasteiger partial charge on any atom is -0.260 e. The largest absolute Gasteiger partial charge is 0.260 e. The van der Waals surface area contributed by atoms with Gasteiger partial charge in [-0.3, -0.25) is 9.97 Å². The van der Waals surface area contributed by atoms with E-state index >= 15 is 0 Å². The van der Waals surface area contributed by atoms with Gasteiger partial charge in [0.05, 0.1) is 0 Å². The molecule has 198 valence electrons. The first-order chi connectivity index (χ1) is 17.8. The van der Waals surface area contributed by atoms with Gasteiger partial charge in [0.15, 0.2) is 0 Å². The average Bonchev–Trinajstić information content (AvgIpc) is 3.16. The Bertz CT molecular complexity index is 1250. The van der Waals surface area contributed by atoms with Gasteiger partial charge in [-0.05, 0) is 123 Å². The lowest BCUT2D eigenvalue weighted by Gasteiger charge is -2.16. The van der Waals surface area contributed by atoms with E-state index in [1.54, 1.807) is 0 Å². The second-order valence-electron chi connectivity index (χ2n) is 10.7. The van der Waals surface area contributed by atoms with Gasteiger partial charge in [-0.25, -0.2) is 0 Å². The fraction of sp³-hybridized carbons (Fsp3) is 0.353. The third kappa shape index (κ3) is 5.98. The van der Waals surface area contributed by atoms with E-state index < -0.39 is 0 Å². The van der Waals surface area contributed by atoms with Crippen LogP contribution in [0.15, 0.2) is 60.9 Å². The number of nitrogens with zero attached hydrogens (tertiary/aromatic N) is 2. The molecule has 0 spiro atoms. The lowest BCUT2D eigenvalue weighted by molar-refractivity contribution is 0.558. The summed E-state index contributed by atoms with van der Waals surface area (Å²) in [7, 11) is 0. The Balaban J connectivity index is 0.00000336. The molecule has 1 fully saturated rings. The van der Waals surface area contributed by atoms with Crippen LogP contribution in [0.5, 0.6) is 0 Å². The van der Waals surface area contributed by atoms with E-state index in [2.05, 4.69) is 76.2 Å². The Morgan fingerprint density at radius 3 is 1.24 bits per heavy atom. The van der Waals surface area contributed by atoms with E-state index in [-0.39, 0.29) is 7.43 Å². The normalized spacial score (nSPS) is 17.5. The fourth-order valence-electron chi connectivity index (χ4n) is 5.75. The van der Waals surface area contributed by atoms with Gasteiger partial charge < -0.3 is 0 Å². The van der Waals surface area contributed by atoms with E-state index in [4.69, 9.17) is 33.2 Å². The van der Waals surface area contributed by atoms with Crippen molar-refractivity contribution >= 4 is 23.2 Å². The maximum atomic E-state index is 6.36. The Hall–Kier alpha value is -2.68. The summed E-state index contributed by atoms with van der Waals surface area (Å²) < 4.78 is 0. The highest BCUT2D eigenvalue weighted by molar-refractivity contribution is 6.32. The first kappa shape index (κ1) is 28.3. The van der Waals surface area contributed by atoms with Gasteiger partial charge in [0.2, 0.25) is 0 Å². The van der Waals surface area contributed by atoms with Gasteiger partial charge >= 0.3 is 0 Å². The van der Waals surface area contributed by atoms with Crippen molar-refractivity contribution in [3.05, 3.63) is 105 Å². The molecule has 2 atom stereocenters. The molecule has 1 saturated carbocycles. The molecule has 0 amide bonds. The molecule has 38 heavy (non-hydrogen) atoms. The lowest BCUT2D eigenvalue weighted by atomic mass is 9.92. The molecule has 2 aromatic carbocycles. The zero-order chi connectivity index (χ0) is 26.1. The van der Waals surface area contributed by atoms with Crippen LogP contribution in [0, 0.1) is 27.7 Å². The van der Waals surface area contributed by atoms with E-state index in [0.29, 0.717) is 11.8 Å². The predicted octanol–water partition coefficient (Wildman–Crippen LogP) is 10.8. The highest BCUT2D eigenvalue weighted by Crippen LogP contribution is 2.38. The number of rotatable bonds is 4.